The molecule has 23 heavy (non-hydrogen) atoms. The standard InChI is InChI=1S/C18H16ClNO3/c1-3-23-18(21)17-16(11-4-6-12(19)7-5-11)14-10-13(22-2)8-9-15(14)20-17/h4-10,20H,3H2,1-2H3. The predicted molar refractivity (Wildman–Crippen MR) is 91.3 cm³/mol. The molecular weight excluding hydrogens is 314 g/mol. The van der Waals surface area contributed by atoms with Crippen molar-refractivity contribution < 1.29 is 14.3 Å². The number of nitrogens with one attached hydrogen (secondary N) is 1. The number of halogens is 1. The average Bonchev–Trinajstić information content (AvgIpc) is 2.94. The topological polar surface area (TPSA) is 51.3 Å². The molecule has 3 aromatic rings. The Bertz CT molecular complexity index is 853. The first-order valence-electron chi connectivity index (χ1n) is 7.26. The van der Waals surface area contributed by atoms with Crippen LogP contribution in [0.5, 0.6) is 5.75 Å². The molecule has 4 nitrogen and oxygen atoms in total. The maximum Gasteiger partial charge on any atom is 0.355 e. The van der Waals surface area contributed by atoms with E-state index in [1.54, 1.807) is 26.2 Å². The average molecular weight is 330 g/mol. The highest BCUT2D eigenvalue weighted by atomic mass is 35.5. The highest BCUT2D eigenvalue weighted by molar-refractivity contribution is 6.30. The van der Waals surface area contributed by atoms with Crippen LogP contribution in [0.15, 0.2) is 42.5 Å². The first-order chi connectivity index (χ1) is 11.1. The molecule has 5 heteroatoms. The zero-order valence-electron chi connectivity index (χ0n) is 12.9. The molecule has 1 N–H and O–H groups in total. The van der Waals surface area contributed by atoms with E-state index in [4.69, 9.17) is 21.1 Å². The van der Waals surface area contributed by atoms with E-state index in [1.165, 1.54) is 0 Å². The lowest BCUT2D eigenvalue weighted by molar-refractivity contribution is 0.0521. The monoisotopic (exact) mass is 329 g/mol. The number of methoxy groups -OCH3 is 1. The van der Waals surface area contributed by atoms with Gasteiger partial charge in [-0.1, -0.05) is 23.7 Å². The second-order valence-electron chi connectivity index (χ2n) is 5.01. The highest BCUT2D eigenvalue weighted by Gasteiger charge is 2.20. The smallest absolute Gasteiger partial charge is 0.355 e. The van der Waals surface area contributed by atoms with Crippen LogP contribution in [0.4, 0.5) is 0 Å². The molecule has 0 radical (unpaired) electrons. The maximum atomic E-state index is 12.3. The molecule has 0 atom stereocenters. The zero-order valence-corrected chi connectivity index (χ0v) is 13.6. The summed E-state index contributed by atoms with van der Waals surface area (Å²) < 4.78 is 10.5. The largest absolute Gasteiger partial charge is 0.497 e. The minimum atomic E-state index is -0.382. The Morgan fingerprint density at radius 3 is 2.57 bits per heavy atom. The molecule has 3 rings (SSSR count). The number of ether oxygens (including phenoxy) is 2. The SMILES string of the molecule is CCOC(=O)c1[nH]c2ccc(OC)cc2c1-c1ccc(Cl)cc1. The number of benzene rings is 2. The zero-order chi connectivity index (χ0) is 16.4. The number of H-pyrrole nitrogens is 1. The van der Waals surface area contributed by atoms with Crippen LogP contribution in [0.25, 0.3) is 22.0 Å². The fraction of sp³-hybridized carbons (Fsp3) is 0.167. The van der Waals surface area contributed by atoms with Crippen molar-refractivity contribution in [3.63, 3.8) is 0 Å². The molecule has 0 aliphatic heterocycles. The van der Waals surface area contributed by atoms with Crippen molar-refractivity contribution in [2.24, 2.45) is 0 Å². The third-order valence-electron chi connectivity index (χ3n) is 3.62. The van der Waals surface area contributed by atoms with Crippen molar-refractivity contribution in [1.29, 1.82) is 0 Å². The van der Waals surface area contributed by atoms with Gasteiger partial charge < -0.3 is 14.5 Å². The summed E-state index contributed by atoms with van der Waals surface area (Å²) in [6.07, 6.45) is 0. The van der Waals surface area contributed by atoms with Crippen LogP contribution < -0.4 is 4.74 Å². The van der Waals surface area contributed by atoms with Crippen LogP contribution in [0.2, 0.25) is 5.02 Å². The molecule has 2 aromatic carbocycles. The Balaban J connectivity index is 2.27. The lowest BCUT2D eigenvalue weighted by Crippen LogP contribution is -2.06. The number of hydrogen-bond acceptors (Lipinski definition) is 3. The summed E-state index contributed by atoms with van der Waals surface area (Å²) in [4.78, 5) is 15.5. The Kier molecular flexibility index (Phi) is 4.26. The van der Waals surface area contributed by atoms with Crippen LogP contribution >= 0.6 is 11.6 Å². The first-order valence-corrected chi connectivity index (χ1v) is 7.64. The van der Waals surface area contributed by atoms with Crippen LogP contribution in [0, 0.1) is 0 Å². The summed E-state index contributed by atoms with van der Waals surface area (Å²) in [6, 6.07) is 13.0. The molecule has 1 aromatic heterocycles. The van der Waals surface area contributed by atoms with Gasteiger partial charge in [-0.3, -0.25) is 0 Å². The first kappa shape index (κ1) is 15.4. The normalized spacial score (nSPS) is 10.7. The minimum Gasteiger partial charge on any atom is -0.497 e. The molecule has 118 valence electrons. The molecule has 0 bridgehead atoms. The lowest BCUT2D eigenvalue weighted by Gasteiger charge is -2.06. The van der Waals surface area contributed by atoms with Crippen molar-refractivity contribution >= 4 is 28.5 Å². The predicted octanol–water partition coefficient (Wildman–Crippen LogP) is 4.67. The Hall–Kier alpha value is -2.46. The summed E-state index contributed by atoms with van der Waals surface area (Å²) in [5.74, 6) is 0.342. The quantitative estimate of drug-likeness (QED) is 0.707. The molecular formula is C18H16ClNO3. The lowest BCUT2D eigenvalue weighted by atomic mass is 10.0. The second kappa shape index (κ2) is 6.34. The number of aromatic nitrogens is 1. The molecule has 0 saturated heterocycles. The van der Waals surface area contributed by atoms with Gasteiger partial charge in [-0.05, 0) is 42.8 Å². The fourth-order valence-corrected chi connectivity index (χ4v) is 2.70. The number of carbonyl (C=O) groups excluding carboxylic acids is 1. The van der Waals surface area contributed by atoms with E-state index in [-0.39, 0.29) is 5.97 Å². The molecule has 0 aliphatic carbocycles. The van der Waals surface area contributed by atoms with Gasteiger partial charge >= 0.3 is 5.97 Å². The molecule has 0 unspecified atom stereocenters. The number of fused-ring (bicyclic) bond motifs is 1. The van der Waals surface area contributed by atoms with Crippen molar-refractivity contribution in [2.45, 2.75) is 6.92 Å². The summed E-state index contributed by atoms with van der Waals surface area (Å²) in [5, 5.41) is 1.54. The van der Waals surface area contributed by atoms with E-state index in [0.717, 1.165) is 27.8 Å². The van der Waals surface area contributed by atoms with Crippen molar-refractivity contribution in [1.82, 2.24) is 4.98 Å². The third kappa shape index (κ3) is 2.90. The van der Waals surface area contributed by atoms with Crippen molar-refractivity contribution in [3.8, 4) is 16.9 Å². The van der Waals surface area contributed by atoms with E-state index in [0.29, 0.717) is 17.3 Å². The highest BCUT2D eigenvalue weighted by Crippen LogP contribution is 2.35. The number of carbonyl (C=O) groups is 1. The summed E-state index contributed by atoms with van der Waals surface area (Å²) in [7, 11) is 1.61. The molecule has 0 saturated carbocycles. The number of aromatic amines is 1. The van der Waals surface area contributed by atoms with Gasteiger partial charge in [0.15, 0.2) is 0 Å². The third-order valence-corrected chi connectivity index (χ3v) is 3.87. The van der Waals surface area contributed by atoms with Crippen LogP contribution in [-0.4, -0.2) is 24.7 Å². The van der Waals surface area contributed by atoms with E-state index < -0.39 is 0 Å². The van der Waals surface area contributed by atoms with Gasteiger partial charge in [-0.15, -0.1) is 0 Å². The van der Waals surface area contributed by atoms with E-state index in [2.05, 4.69) is 4.98 Å². The van der Waals surface area contributed by atoms with Gasteiger partial charge in [0.2, 0.25) is 0 Å². The van der Waals surface area contributed by atoms with Crippen LogP contribution in [0.1, 0.15) is 17.4 Å². The molecule has 0 spiro atoms. The van der Waals surface area contributed by atoms with Gasteiger partial charge in [-0.25, -0.2) is 4.79 Å². The van der Waals surface area contributed by atoms with Crippen LogP contribution in [0.3, 0.4) is 0 Å². The molecule has 0 amide bonds. The number of hydrogen-bond donors (Lipinski definition) is 1. The Morgan fingerprint density at radius 2 is 1.91 bits per heavy atom. The summed E-state index contributed by atoms with van der Waals surface area (Å²) >= 11 is 5.97. The van der Waals surface area contributed by atoms with Gasteiger partial charge in [0, 0.05) is 21.5 Å². The maximum absolute atomic E-state index is 12.3. The van der Waals surface area contributed by atoms with Crippen molar-refractivity contribution in [3.05, 3.63) is 53.2 Å². The van der Waals surface area contributed by atoms with E-state index in [1.807, 2.05) is 30.3 Å². The number of rotatable bonds is 4. The van der Waals surface area contributed by atoms with Crippen LogP contribution in [-0.2, 0) is 4.74 Å². The molecule has 1 heterocycles. The number of esters is 1. The summed E-state index contributed by atoms with van der Waals surface area (Å²) in [6.45, 7) is 2.10. The molecule has 0 fully saturated rings. The fourth-order valence-electron chi connectivity index (χ4n) is 2.57. The van der Waals surface area contributed by atoms with Gasteiger partial charge in [0.25, 0.3) is 0 Å². The van der Waals surface area contributed by atoms with Crippen molar-refractivity contribution in [2.75, 3.05) is 13.7 Å². The van der Waals surface area contributed by atoms with Gasteiger partial charge in [0.1, 0.15) is 11.4 Å². The van der Waals surface area contributed by atoms with E-state index >= 15 is 0 Å². The van der Waals surface area contributed by atoms with Gasteiger partial charge in [-0.2, -0.15) is 0 Å². The minimum absolute atomic E-state index is 0.317. The van der Waals surface area contributed by atoms with Gasteiger partial charge in [0.05, 0.1) is 13.7 Å². The van der Waals surface area contributed by atoms with E-state index in [9.17, 15) is 4.79 Å². The Labute approximate surface area is 139 Å². The summed E-state index contributed by atoms with van der Waals surface area (Å²) in [5.41, 5.74) is 2.95. The Morgan fingerprint density at radius 1 is 1.17 bits per heavy atom. The molecule has 0 aliphatic rings. The second-order valence-corrected chi connectivity index (χ2v) is 5.45.